The summed E-state index contributed by atoms with van der Waals surface area (Å²) >= 11 is 0. The van der Waals surface area contributed by atoms with Gasteiger partial charge in [0.05, 0.1) is 11.9 Å². The molecule has 0 saturated carbocycles. The van der Waals surface area contributed by atoms with Crippen LogP contribution in [-0.4, -0.2) is 30.3 Å². The minimum Gasteiger partial charge on any atom is -0.380 e. The summed E-state index contributed by atoms with van der Waals surface area (Å²) in [5, 5.41) is 23.6. The molecule has 2 aromatic rings. The van der Waals surface area contributed by atoms with E-state index in [0.717, 1.165) is 0 Å². The van der Waals surface area contributed by atoms with E-state index in [1.807, 2.05) is 0 Å². The molecule has 6 heteroatoms. The first-order chi connectivity index (χ1) is 6.29. The third-order valence-corrected chi connectivity index (χ3v) is 1.85. The Morgan fingerprint density at radius 2 is 2.46 bits per heavy atom. The van der Waals surface area contributed by atoms with Crippen molar-refractivity contribution in [3.63, 3.8) is 0 Å². The molecule has 2 N–H and O–H groups in total. The lowest BCUT2D eigenvalue weighted by molar-refractivity contribution is 0.205. The molecule has 0 fully saturated rings. The van der Waals surface area contributed by atoms with Crippen molar-refractivity contribution in [2.75, 3.05) is 0 Å². The fraction of sp³-hybridized carbons (Fsp3) is 0.286. The van der Waals surface area contributed by atoms with Crippen molar-refractivity contribution < 1.29 is 5.11 Å². The molecule has 0 bridgehead atoms. The lowest BCUT2D eigenvalue weighted by Crippen LogP contribution is -2.06. The summed E-state index contributed by atoms with van der Waals surface area (Å²) < 4.78 is 1.60. The molecule has 1 atom stereocenters. The largest absolute Gasteiger partial charge is 0.380 e. The minimum absolute atomic E-state index is 0.489. The topological polar surface area (TPSA) is 79.6 Å². The van der Waals surface area contributed by atoms with Gasteiger partial charge < -0.3 is 5.11 Å². The van der Waals surface area contributed by atoms with Crippen molar-refractivity contribution >= 4 is 0 Å². The molecule has 0 radical (unpaired) electrons. The van der Waals surface area contributed by atoms with Crippen molar-refractivity contribution in [1.82, 2.24) is 25.2 Å². The predicted octanol–water partition coefficient (Wildman–Crippen LogP) is -0.380. The monoisotopic (exact) mass is 179 g/mol. The first-order valence-electron chi connectivity index (χ1n) is 3.80. The van der Waals surface area contributed by atoms with E-state index in [1.165, 1.54) is 6.20 Å². The molecule has 0 aliphatic heterocycles. The van der Waals surface area contributed by atoms with E-state index in [-0.39, 0.29) is 0 Å². The number of aliphatic hydroxyl groups is 1. The molecule has 6 nitrogen and oxygen atoms in total. The Morgan fingerprint density at radius 1 is 1.62 bits per heavy atom. The summed E-state index contributed by atoms with van der Waals surface area (Å²) in [5.74, 6) is 0. The van der Waals surface area contributed by atoms with Crippen LogP contribution in [0.4, 0.5) is 0 Å². The maximum atomic E-state index is 9.77. The molecular formula is C7H9N5O. The average molecular weight is 179 g/mol. The van der Waals surface area contributed by atoms with E-state index in [4.69, 9.17) is 0 Å². The standard InChI is InChI=1S/C7H9N5O/c1-12-6(2-3-9-12)7(13)5-4-8-11-10-5/h2-4,7,13H,1H3,(H,8,10,11). The quantitative estimate of drug-likeness (QED) is 0.658. The van der Waals surface area contributed by atoms with Gasteiger partial charge >= 0.3 is 0 Å². The van der Waals surface area contributed by atoms with Crippen LogP contribution in [0.1, 0.15) is 17.5 Å². The van der Waals surface area contributed by atoms with Crippen molar-refractivity contribution in [1.29, 1.82) is 0 Å². The number of nitrogens with zero attached hydrogens (tertiary/aromatic N) is 4. The smallest absolute Gasteiger partial charge is 0.141 e. The molecule has 0 aliphatic carbocycles. The van der Waals surface area contributed by atoms with Crippen molar-refractivity contribution in [3.8, 4) is 0 Å². The van der Waals surface area contributed by atoms with Gasteiger partial charge in [-0.05, 0) is 6.07 Å². The van der Waals surface area contributed by atoms with Gasteiger partial charge in [-0.2, -0.15) is 20.5 Å². The van der Waals surface area contributed by atoms with E-state index in [9.17, 15) is 5.11 Å². The first kappa shape index (κ1) is 7.93. The molecule has 68 valence electrons. The van der Waals surface area contributed by atoms with Crippen molar-refractivity contribution in [3.05, 3.63) is 29.8 Å². The Bertz CT molecular complexity index is 379. The second-order valence-corrected chi connectivity index (χ2v) is 2.68. The molecule has 1 unspecified atom stereocenters. The van der Waals surface area contributed by atoms with Crippen LogP contribution in [0.2, 0.25) is 0 Å². The third-order valence-electron chi connectivity index (χ3n) is 1.85. The van der Waals surface area contributed by atoms with E-state index in [2.05, 4.69) is 20.5 Å². The lowest BCUT2D eigenvalue weighted by atomic mass is 10.2. The van der Waals surface area contributed by atoms with Crippen LogP contribution in [0.5, 0.6) is 0 Å². The molecule has 0 spiro atoms. The summed E-state index contributed by atoms with van der Waals surface area (Å²) in [6.45, 7) is 0. The molecule has 2 aromatic heterocycles. The molecule has 2 heterocycles. The molecule has 0 saturated heterocycles. The van der Waals surface area contributed by atoms with Gasteiger partial charge in [-0.25, -0.2) is 0 Å². The normalized spacial score (nSPS) is 13.1. The number of aromatic amines is 1. The number of hydrogen-bond donors (Lipinski definition) is 2. The highest BCUT2D eigenvalue weighted by molar-refractivity contribution is 5.15. The Kier molecular flexibility index (Phi) is 1.82. The van der Waals surface area contributed by atoms with Gasteiger partial charge in [0.25, 0.3) is 0 Å². The van der Waals surface area contributed by atoms with Gasteiger partial charge in [0.2, 0.25) is 0 Å². The summed E-state index contributed by atoms with van der Waals surface area (Å²) in [6.07, 6.45) is 2.34. The zero-order valence-electron chi connectivity index (χ0n) is 7.05. The van der Waals surface area contributed by atoms with Gasteiger partial charge in [-0.3, -0.25) is 4.68 Å². The molecule has 2 rings (SSSR count). The second kappa shape index (κ2) is 2.98. The van der Waals surface area contributed by atoms with Crippen molar-refractivity contribution in [2.24, 2.45) is 7.05 Å². The number of rotatable bonds is 2. The van der Waals surface area contributed by atoms with Crippen LogP contribution in [0.15, 0.2) is 18.5 Å². The van der Waals surface area contributed by atoms with Gasteiger partial charge in [0, 0.05) is 13.2 Å². The summed E-state index contributed by atoms with van der Waals surface area (Å²) in [6, 6.07) is 1.74. The molecule has 0 amide bonds. The number of aryl methyl sites for hydroxylation is 1. The van der Waals surface area contributed by atoms with Crippen LogP contribution in [0.25, 0.3) is 0 Å². The van der Waals surface area contributed by atoms with Gasteiger partial charge in [-0.15, -0.1) is 0 Å². The number of hydrogen-bond acceptors (Lipinski definition) is 4. The lowest BCUT2D eigenvalue weighted by Gasteiger charge is -2.06. The first-order valence-corrected chi connectivity index (χ1v) is 3.80. The number of nitrogens with one attached hydrogen (secondary N) is 1. The number of aromatic nitrogens is 5. The molecular weight excluding hydrogens is 170 g/mol. The number of H-pyrrole nitrogens is 1. The third kappa shape index (κ3) is 1.31. The van der Waals surface area contributed by atoms with E-state index >= 15 is 0 Å². The van der Waals surface area contributed by atoms with Gasteiger partial charge in [0.15, 0.2) is 0 Å². The SMILES string of the molecule is Cn1nccc1C(O)c1cn[nH]n1. The summed E-state index contributed by atoms with van der Waals surface area (Å²) in [4.78, 5) is 0. The Morgan fingerprint density at radius 3 is 3.00 bits per heavy atom. The molecule has 0 aliphatic rings. The van der Waals surface area contributed by atoms with E-state index in [1.54, 1.807) is 24.0 Å². The minimum atomic E-state index is -0.772. The van der Waals surface area contributed by atoms with Crippen LogP contribution in [0.3, 0.4) is 0 Å². The van der Waals surface area contributed by atoms with Crippen molar-refractivity contribution in [2.45, 2.75) is 6.10 Å². The summed E-state index contributed by atoms with van der Waals surface area (Å²) in [5.41, 5.74) is 1.18. The van der Waals surface area contributed by atoms with Gasteiger partial charge in [-0.1, -0.05) is 0 Å². The van der Waals surface area contributed by atoms with Crippen LogP contribution < -0.4 is 0 Å². The Balaban J connectivity index is 2.33. The highest BCUT2D eigenvalue weighted by atomic mass is 16.3. The van der Waals surface area contributed by atoms with E-state index in [0.29, 0.717) is 11.4 Å². The second-order valence-electron chi connectivity index (χ2n) is 2.68. The maximum Gasteiger partial charge on any atom is 0.141 e. The van der Waals surface area contributed by atoms with Gasteiger partial charge in [0.1, 0.15) is 11.8 Å². The van der Waals surface area contributed by atoms with E-state index < -0.39 is 6.10 Å². The Hall–Kier alpha value is -1.69. The average Bonchev–Trinajstić information content (AvgIpc) is 2.72. The number of aliphatic hydroxyl groups excluding tert-OH is 1. The zero-order chi connectivity index (χ0) is 9.26. The Labute approximate surface area is 74.2 Å². The molecule has 0 aromatic carbocycles. The van der Waals surface area contributed by atoms with Crippen LogP contribution >= 0.6 is 0 Å². The highest BCUT2D eigenvalue weighted by Gasteiger charge is 2.15. The fourth-order valence-electron chi connectivity index (χ4n) is 1.15. The molecule has 13 heavy (non-hydrogen) atoms. The van der Waals surface area contributed by atoms with Crippen LogP contribution in [0, 0.1) is 0 Å². The fourth-order valence-corrected chi connectivity index (χ4v) is 1.15. The highest BCUT2D eigenvalue weighted by Crippen LogP contribution is 2.17. The van der Waals surface area contributed by atoms with Crippen LogP contribution in [-0.2, 0) is 7.05 Å². The summed E-state index contributed by atoms with van der Waals surface area (Å²) in [7, 11) is 1.76. The predicted molar refractivity (Wildman–Crippen MR) is 43.7 cm³/mol. The maximum absolute atomic E-state index is 9.77. The zero-order valence-corrected chi connectivity index (χ0v) is 7.05.